The zero-order valence-electron chi connectivity index (χ0n) is 17.3. The molecule has 1 aromatic rings. The fourth-order valence-electron chi connectivity index (χ4n) is 3.37. The maximum atomic E-state index is 12.6. The number of nitrogens with one attached hydrogen (secondary N) is 2. The second kappa shape index (κ2) is 8.21. The molecule has 3 rings (SSSR count). The third-order valence-corrected chi connectivity index (χ3v) is 5.31. The van der Waals surface area contributed by atoms with Gasteiger partial charge in [0, 0.05) is 11.8 Å². The third kappa shape index (κ3) is 4.17. The molecule has 1 aliphatic carbocycles. The monoisotopic (exact) mass is 419 g/mol. The Labute approximate surface area is 173 Å². The van der Waals surface area contributed by atoms with Crippen molar-refractivity contribution in [1.82, 2.24) is 10.2 Å². The summed E-state index contributed by atoms with van der Waals surface area (Å²) in [6.07, 6.45) is 0.573. The number of anilines is 1. The number of hydrogen-bond acceptors (Lipinski definition) is 7. The Morgan fingerprint density at radius 3 is 2.50 bits per heavy atom. The average Bonchev–Trinajstić information content (AvgIpc) is 3.54. The molecule has 2 fully saturated rings. The molecule has 0 aromatic heterocycles. The molecule has 1 saturated heterocycles. The van der Waals surface area contributed by atoms with Gasteiger partial charge in [-0.3, -0.25) is 19.3 Å². The van der Waals surface area contributed by atoms with Crippen LogP contribution in [0.5, 0.6) is 11.5 Å². The Morgan fingerprint density at radius 2 is 1.90 bits per heavy atom. The molecule has 10 heteroatoms. The van der Waals surface area contributed by atoms with E-state index in [2.05, 4.69) is 10.6 Å². The number of ether oxygens (including phenoxy) is 3. The van der Waals surface area contributed by atoms with Gasteiger partial charge in [-0.2, -0.15) is 0 Å². The van der Waals surface area contributed by atoms with E-state index in [4.69, 9.17) is 14.2 Å². The molecular weight excluding hydrogens is 394 g/mol. The minimum atomic E-state index is -1.14. The van der Waals surface area contributed by atoms with Crippen LogP contribution in [0.15, 0.2) is 18.2 Å². The van der Waals surface area contributed by atoms with Gasteiger partial charge in [0.05, 0.1) is 14.2 Å². The lowest BCUT2D eigenvalue weighted by Gasteiger charge is -2.21. The highest BCUT2D eigenvalue weighted by molar-refractivity contribution is 6.09. The quantitative estimate of drug-likeness (QED) is 0.481. The number of esters is 1. The average molecular weight is 419 g/mol. The standard InChI is InChI=1S/C20H25N3O7/c1-11(17(25)21-13-7-8-14(28-3)15(9-13)29-4)30-16(24)10-23-18(26)20(2,12-5-6-12)22-19(23)27/h7-9,11-12H,5-6,10H2,1-4H3,(H,21,25)(H,22,27)/t11-,20+/m0/s1. The Kier molecular flexibility index (Phi) is 5.86. The smallest absolute Gasteiger partial charge is 0.327 e. The van der Waals surface area contributed by atoms with Gasteiger partial charge in [0.2, 0.25) is 0 Å². The van der Waals surface area contributed by atoms with E-state index in [9.17, 15) is 19.2 Å². The van der Waals surface area contributed by atoms with Gasteiger partial charge in [-0.25, -0.2) is 4.79 Å². The molecule has 1 saturated carbocycles. The molecule has 2 aliphatic rings. The van der Waals surface area contributed by atoms with Crippen molar-refractivity contribution in [3.63, 3.8) is 0 Å². The van der Waals surface area contributed by atoms with Crippen LogP contribution in [-0.4, -0.2) is 61.1 Å². The lowest BCUT2D eigenvalue weighted by molar-refractivity contribution is -0.155. The van der Waals surface area contributed by atoms with Crippen LogP contribution in [0, 0.1) is 5.92 Å². The first-order valence-electron chi connectivity index (χ1n) is 9.56. The van der Waals surface area contributed by atoms with Crippen molar-refractivity contribution in [2.45, 2.75) is 38.3 Å². The molecule has 0 radical (unpaired) electrons. The van der Waals surface area contributed by atoms with Gasteiger partial charge in [-0.15, -0.1) is 0 Å². The van der Waals surface area contributed by atoms with E-state index in [0.29, 0.717) is 17.2 Å². The number of nitrogens with zero attached hydrogens (tertiary/aromatic N) is 1. The minimum Gasteiger partial charge on any atom is -0.493 e. The molecule has 2 atom stereocenters. The second-order valence-electron chi connectivity index (χ2n) is 7.49. The molecule has 0 unspecified atom stereocenters. The van der Waals surface area contributed by atoms with Gasteiger partial charge in [0.25, 0.3) is 11.8 Å². The highest BCUT2D eigenvalue weighted by Crippen LogP contribution is 2.42. The minimum absolute atomic E-state index is 0.0844. The molecule has 162 valence electrons. The van der Waals surface area contributed by atoms with Crippen molar-refractivity contribution < 1.29 is 33.4 Å². The molecule has 10 nitrogen and oxygen atoms in total. The zero-order chi connectivity index (χ0) is 22.1. The highest BCUT2D eigenvalue weighted by atomic mass is 16.5. The van der Waals surface area contributed by atoms with Gasteiger partial charge in [-0.1, -0.05) is 0 Å². The van der Waals surface area contributed by atoms with Crippen LogP contribution >= 0.6 is 0 Å². The third-order valence-electron chi connectivity index (χ3n) is 5.31. The summed E-state index contributed by atoms with van der Waals surface area (Å²) >= 11 is 0. The Bertz CT molecular complexity index is 883. The number of hydrogen-bond donors (Lipinski definition) is 2. The number of urea groups is 1. The summed E-state index contributed by atoms with van der Waals surface area (Å²) in [6.45, 7) is 2.50. The van der Waals surface area contributed by atoms with Gasteiger partial charge < -0.3 is 24.8 Å². The van der Waals surface area contributed by atoms with Crippen LogP contribution in [0.2, 0.25) is 0 Å². The maximum Gasteiger partial charge on any atom is 0.327 e. The lowest BCUT2D eigenvalue weighted by atomic mass is 9.96. The van der Waals surface area contributed by atoms with Crippen molar-refractivity contribution >= 4 is 29.5 Å². The molecule has 4 amide bonds. The Balaban J connectivity index is 1.56. The molecule has 0 spiro atoms. The predicted octanol–water partition coefficient (Wildman–Crippen LogP) is 1.29. The summed E-state index contributed by atoms with van der Waals surface area (Å²) < 4.78 is 15.4. The van der Waals surface area contributed by atoms with Crippen LogP contribution in [0.25, 0.3) is 0 Å². The van der Waals surface area contributed by atoms with Crippen molar-refractivity contribution in [3.8, 4) is 11.5 Å². The molecule has 30 heavy (non-hydrogen) atoms. The van der Waals surface area contributed by atoms with Gasteiger partial charge in [0.15, 0.2) is 17.6 Å². The zero-order valence-corrected chi connectivity index (χ0v) is 17.3. The van der Waals surface area contributed by atoms with E-state index in [0.717, 1.165) is 17.7 Å². The fourth-order valence-corrected chi connectivity index (χ4v) is 3.37. The number of rotatable bonds is 8. The van der Waals surface area contributed by atoms with Crippen LogP contribution in [0.3, 0.4) is 0 Å². The van der Waals surface area contributed by atoms with E-state index in [-0.39, 0.29) is 5.92 Å². The van der Waals surface area contributed by atoms with Crippen LogP contribution < -0.4 is 20.1 Å². The Hall–Kier alpha value is -3.30. The van der Waals surface area contributed by atoms with Crippen molar-refractivity contribution in [2.24, 2.45) is 5.92 Å². The van der Waals surface area contributed by atoms with E-state index < -0.39 is 42.0 Å². The van der Waals surface area contributed by atoms with E-state index in [1.54, 1.807) is 25.1 Å². The van der Waals surface area contributed by atoms with Gasteiger partial charge in [-0.05, 0) is 44.7 Å². The normalized spacial score (nSPS) is 21.7. The molecule has 2 N–H and O–H groups in total. The highest BCUT2D eigenvalue weighted by Gasteiger charge is 2.56. The molecule has 1 aliphatic heterocycles. The number of imide groups is 1. The Morgan fingerprint density at radius 1 is 1.23 bits per heavy atom. The number of amides is 4. The maximum absolute atomic E-state index is 12.6. The first-order chi connectivity index (χ1) is 14.2. The topological polar surface area (TPSA) is 123 Å². The molecule has 1 aromatic carbocycles. The summed E-state index contributed by atoms with van der Waals surface area (Å²) in [5, 5.41) is 5.26. The second-order valence-corrected chi connectivity index (χ2v) is 7.49. The van der Waals surface area contributed by atoms with Gasteiger partial charge in [0.1, 0.15) is 12.1 Å². The largest absolute Gasteiger partial charge is 0.493 e. The number of carbonyl (C=O) groups is 4. The first-order valence-corrected chi connectivity index (χ1v) is 9.56. The predicted molar refractivity (Wildman–Crippen MR) is 105 cm³/mol. The number of methoxy groups -OCH3 is 2. The van der Waals surface area contributed by atoms with Crippen LogP contribution in [0.1, 0.15) is 26.7 Å². The molecule has 0 bridgehead atoms. The first kappa shape index (κ1) is 21.4. The van der Waals surface area contributed by atoms with Crippen molar-refractivity contribution in [3.05, 3.63) is 18.2 Å². The van der Waals surface area contributed by atoms with Crippen LogP contribution in [0.4, 0.5) is 10.5 Å². The SMILES string of the molecule is COc1ccc(NC(=O)[C@H](C)OC(=O)CN2C(=O)N[C@](C)(C3CC3)C2=O)cc1OC. The number of benzene rings is 1. The van der Waals surface area contributed by atoms with Gasteiger partial charge >= 0.3 is 12.0 Å². The van der Waals surface area contributed by atoms with Crippen LogP contribution in [-0.2, 0) is 19.1 Å². The summed E-state index contributed by atoms with van der Waals surface area (Å²) in [4.78, 5) is 50.1. The summed E-state index contributed by atoms with van der Waals surface area (Å²) in [5.41, 5.74) is -0.553. The number of carbonyl (C=O) groups excluding carboxylic acids is 4. The summed E-state index contributed by atoms with van der Waals surface area (Å²) in [6, 6.07) is 4.17. The molecular formula is C20H25N3O7. The van der Waals surface area contributed by atoms with Crippen molar-refractivity contribution in [2.75, 3.05) is 26.1 Å². The lowest BCUT2D eigenvalue weighted by Crippen LogP contribution is -2.46. The van der Waals surface area contributed by atoms with E-state index in [1.165, 1.54) is 21.1 Å². The summed E-state index contributed by atoms with van der Waals surface area (Å²) in [5.74, 6) is -0.862. The molecule has 1 heterocycles. The van der Waals surface area contributed by atoms with E-state index in [1.807, 2.05) is 0 Å². The van der Waals surface area contributed by atoms with Crippen molar-refractivity contribution in [1.29, 1.82) is 0 Å². The van der Waals surface area contributed by atoms with E-state index >= 15 is 0 Å². The summed E-state index contributed by atoms with van der Waals surface area (Å²) in [7, 11) is 2.97. The fraction of sp³-hybridized carbons (Fsp3) is 0.500.